The number of hydrogen-bond acceptors (Lipinski definition) is 11. The lowest BCUT2D eigenvalue weighted by atomic mass is 10.0. The lowest BCUT2D eigenvalue weighted by Crippen LogP contribution is -2.42. The van der Waals surface area contributed by atoms with E-state index in [1.165, 1.54) is 11.3 Å². The Balaban J connectivity index is 1.46. The van der Waals surface area contributed by atoms with Gasteiger partial charge in [0.25, 0.3) is 0 Å². The quantitative estimate of drug-likeness (QED) is 0.188. The van der Waals surface area contributed by atoms with Crippen molar-refractivity contribution in [3.63, 3.8) is 0 Å². The van der Waals surface area contributed by atoms with Gasteiger partial charge >= 0.3 is 0 Å². The molecule has 2 aromatic carbocycles. The highest BCUT2D eigenvalue weighted by Crippen LogP contribution is 2.39. The van der Waals surface area contributed by atoms with Gasteiger partial charge in [-0.15, -0.1) is 0 Å². The number of aromatic nitrogens is 4. The Hall–Kier alpha value is -4.09. The van der Waals surface area contributed by atoms with E-state index < -0.39 is 0 Å². The molecule has 1 saturated heterocycles. The number of piperidine rings is 1. The van der Waals surface area contributed by atoms with Gasteiger partial charge in [-0.1, -0.05) is 31.5 Å². The maximum atomic E-state index is 5.87. The smallest absolute Gasteiger partial charge is 0.229 e. The normalized spacial score (nSPS) is 13.8. The van der Waals surface area contributed by atoms with Gasteiger partial charge in [-0.3, -0.25) is 9.97 Å². The molecule has 0 radical (unpaired) electrons. The molecule has 0 aliphatic carbocycles. The fourth-order valence-electron chi connectivity index (χ4n) is 5.56. The van der Waals surface area contributed by atoms with Crippen molar-refractivity contribution in [2.24, 2.45) is 0 Å². The van der Waals surface area contributed by atoms with Crippen LogP contribution in [-0.4, -0.2) is 78.5 Å². The highest BCUT2D eigenvalue weighted by molar-refractivity contribution is 7.99. The van der Waals surface area contributed by atoms with Crippen molar-refractivity contribution in [3.8, 4) is 5.75 Å². The molecule has 43 heavy (non-hydrogen) atoms. The van der Waals surface area contributed by atoms with E-state index in [0.717, 1.165) is 71.8 Å². The molecule has 0 atom stereocenters. The predicted octanol–water partition coefficient (Wildman–Crippen LogP) is 6.37. The summed E-state index contributed by atoms with van der Waals surface area (Å²) in [5.74, 6) is 1.83. The molecular formula is C32H41N9OS. The van der Waals surface area contributed by atoms with Crippen molar-refractivity contribution in [1.82, 2.24) is 24.8 Å². The number of anilines is 6. The van der Waals surface area contributed by atoms with E-state index in [9.17, 15) is 0 Å². The number of nitrogens with one attached hydrogen (secondary N) is 2. The van der Waals surface area contributed by atoms with Gasteiger partial charge in [-0.2, -0.15) is 4.98 Å². The number of rotatable bonds is 11. The lowest BCUT2D eigenvalue weighted by molar-refractivity contribution is 0.249. The fraction of sp³-hybridized carbons (Fsp3) is 0.375. The third-order valence-corrected chi connectivity index (χ3v) is 8.79. The van der Waals surface area contributed by atoms with Crippen LogP contribution in [0.3, 0.4) is 0 Å². The van der Waals surface area contributed by atoms with Crippen molar-refractivity contribution in [1.29, 1.82) is 0 Å². The summed E-state index contributed by atoms with van der Waals surface area (Å²) in [7, 11) is 8.05. The van der Waals surface area contributed by atoms with Gasteiger partial charge in [-0.05, 0) is 57.1 Å². The standard InChI is InChI=1S/C32H41N9OS/c1-8-21-18-26(28(42-6)19-27(21)41-16-12-23(13-17-41)39(3)4)37-32-35-20-22(9-2)31(38-32)36-25-11-10-24-29(34-15-14-33-24)30(25)40(5)43-7/h9-11,14-15,18-20,23H,2,8,12-13,16-17H2,1,3-7H3,(H2,35,36,37,38). The number of fused-ring (bicyclic) bond motifs is 1. The van der Waals surface area contributed by atoms with Crippen molar-refractivity contribution in [3.05, 3.63) is 60.6 Å². The Bertz CT molecular complexity index is 1590. The fourth-order valence-corrected chi connectivity index (χ4v) is 5.93. The second-order valence-electron chi connectivity index (χ2n) is 10.7. The van der Waals surface area contributed by atoms with Crippen LogP contribution in [-0.2, 0) is 6.42 Å². The first-order valence-corrected chi connectivity index (χ1v) is 15.7. The molecule has 226 valence electrons. The van der Waals surface area contributed by atoms with Crippen LogP contribution in [0.2, 0.25) is 0 Å². The summed E-state index contributed by atoms with van der Waals surface area (Å²) in [4.78, 5) is 23.4. The van der Waals surface area contributed by atoms with E-state index in [1.807, 2.05) is 25.4 Å². The second-order valence-corrected chi connectivity index (χ2v) is 11.6. The summed E-state index contributed by atoms with van der Waals surface area (Å²) in [5.41, 5.74) is 7.49. The largest absolute Gasteiger partial charge is 0.494 e. The van der Waals surface area contributed by atoms with Crippen LogP contribution >= 0.6 is 11.9 Å². The number of methoxy groups -OCH3 is 1. The average Bonchev–Trinajstić information content (AvgIpc) is 3.04. The van der Waals surface area contributed by atoms with E-state index in [-0.39, 0.29) is 0 Å². The summed E-state index contributed by atoms with van der Waals surface area (Å²) in [6.07, 6.45) is 12.1. The summed E-state index contributed by atoms with van der Waals surface area (Å²) in [5, 5.41) is 6.94. The first-order chi connectivity index (χ1) is 20.9. The molecule has 2 N–H and O–H groups in total. The van der Waals surface area contributed by atoms with Crippen molar-refractivity contribution in [2.75, 3.05) is 67.4 Å². The molecule has 11 heteroatoms. The molecular weight excluding hydrogens is 558 g/mol. The summed E-state index contributed by atoms with van der Waals surface area (Å²) < 4.78 is 7.93. The average molecular weight is 600 g/mol. The van der Waals surface area contributed by atoms with Gasteiger partial charge in [0.1, 0.15) is 17.1 Å². The Morgan fingerprint density at radius 3 is 2.51 bits per heavy atom. The van der Waals surface area contributed by atoms with Crippen LogP contribution < -0.4 is 24.6 Å². The SMILES string of the molecule is C=Cc1cnc(Nc2cc(CC)c(N3CCC(N(C)C)CC3)cc2OC)nc1Nc1ccc2nccnc2c1N(C)SC. The van der Waals surface area contributed by atoms with Crippen LogP contribution in [0, 0.1) is 0 Å². The molecule has 0 spiro atoms. The summed E-state index contributed by atoms with van der Waals surface area (Å²) in [6.45, 7) is 8.23. The van der Waals surface area contributed by atoms with E-state index in [1.54, 1.807) is 43.7 Å². The lowest BCUT2D eigenvalue weighted by Gasteiger charge is -2.37. The number of hydrogen-bond donors (Lipinski definition) is 2. The summed E-state index contributed by atoms with van der Waals surface area (Å²) in [6, 6.07) is 8.89. The maximum absolute atomic E-state index is 5.87. The number of ether oxygens (including phenoxy) is 1. The van der Waals surface area contributed by atoms with Crippen molar-refractivity contribution >= 4 is 63.6 Å². The molecule has 2 aromatic heterocycles. The zero-order valence-corrected chi connectivity index (χ0v) is 26.7. The maximum Gasteiger partial charge on any atom is 0.229 e. The van der Waals surface area contributed by atoms with Crippen molar-refractivity contribution in [2.45, 2.75) is 32.2 Å². The van der Waals surface area contributed by atoms with Crippen LogP contribution in [0.15, 0.2) is 49.4 Å². The van der Waals surface area contributed by atoms with E-state index in [2.05, 4.69) is 79.4 Å². The minimum absolute atomic E-state index is 0.452. The molecule has 0 amide bonds. The molecule has 10 nitrogen and oxygen atoms in total. The van der Waals surface area contributed by atoms with Crippen LogP contribution in [0.25, 0.3) is 17.1 Å². The minimum atomic E-state index is 0.452. The number of nitrogens with zero attached hydrogens (tertiary/aromatic N) is 7. The molecule has 0 unspecified atom stereocenters. The van der Waals surface area contributed by atoms with Gasteiger partial charge < -0.3 is 29.5 Å². The Labute approximate surface area is 258 Å². The van der Waals surface area contributed by atoms with E-state index in [4.69, 9.17) is 9.72 Å². The molecule has 0 saturated carbocycles. The van der Waals surface area contributed by atoms with Gasteiger partial charge in [0.2, 0.25) is 5.95 Å². The zero-order chi connectivity index (χ0) is 30.5. The molecule has 1 fully saturated rings. The Morgan fingerprint density at radius 2 is 1.84 bits per heavy atom. The zero-order valence-electron chi connectivity index (χ0n) is 25.9. The molecule has 4 aromatic rings. The van der Waals surface area contributed by atoms with Crippen LogP contribution in [0.5, 0.6) is 5.75 Å². The molecule has 1 aliphatic rings. The number of benzene rings is 2. The minimum Gasteiger partial charge on any atom is -0.494 e. The van der Waals surface area contributed by atoms with Gasteiger partial charge in [0.15, 0.2) is 0 Å². The highest BCUT2D eigenvalue weighted by Gasteiger charge is 2.24. The van der Waals surface area contributed by atoms with Crippen LogP contribution in [0.4, 0.5) is 34.5 Å². The van der Waals surface area contributed by atoms with Crippen molar-refractivity contribution < 1.29 is 4.74 Å². The monoisotopic (exact) mass is 599 g/mol. The topological polar surface area (TPSA) is 94.6 Å². The first kappa shape index (κ1) is 30.4. The van der Waals surface area contributed by atoms with Crippen LogP contribution in [0.1, 0.15) is 30.9 Å². The molecule has 3 heterocycles. The van der Waals surface area contributed by atoms with Gasteiger partial charge in [0, 0.05) is 68.3 Å². The molecule has 0 bridgehead atoms. The Morgan fingerprint density at radius 1 is 1.07 bits per heavy atom. The Kier molecular flexibility index (Phi) is 9.52. The predicted molar refractivity (Wildman–Crippen MR) is 181 cm³/mol. The van der Waals surface area contributed by atoms with E-state index >= 15 is 0 Å². The third kappa shape index (κ3) is 6.47. The first-order valence-electron chi connectivity index (χ1n) is 14.5. The second kappa shape index (κ2) is 13.5. The van der Waals surface area contributed by atoms with Gasteiger partial charge in [-0.25, -0.2) is 4.98 Å². The third-order valence-electron chi connectivity index (χ3n) is 8.06. The van der Waals surface area contributed by atoms with Gasteiger partial charge in [0.05, 0.1) is 29.7 Å². The number of aryl methyl sites for hydroxylation is 1. The van der Waals surface area contributed by atoms with E-state index in [0.29, 0.717) is 17.8 Å². The summed E-state index contributed by atoms with van der Waals surface area (Å²) >= 11 is 1.59. The molecule has 5 rings (SSSR count). The molecule has 1 aliphatic heterocycles. The highest BCUT2D eigenvalue weighted by atomic mass is 32.2.